The predicted octanol–water partition coefficient (Wildman–Crippen LogP) is 2.93. The number of hydrogen-bond donors (Lipinski definition) is 0. The average Bonchev–Trinajstić information content (AvgIpc) is 2.77. The Hall–Kier alpha value is -1.02. The van der Waals surface area contributed by atoms with Crippen LogP contribution in [-0.4, -0.2) is 30.4 Å². The fourth-order valence-corrected chi connectivity index (χ4v) is 3.13. The van der Waals surface area contributed by atoms with Crippen LogP contribution in [0.2, 0.25) is 0 Å². The molecule has 1 saturated heterocycles. The molecule has 1 aromatic rings. The Balaban J connectivity index is 0.00000108. The maximum absolute atomic E-state index is 4.58. The van der Waals surface area contributed by atoms with E-state index in [2.05, 4.69) is 41.9 Å². The van der Waals surface area contributed by atoms with Crippen molar-refractivity contribution in [1.29, 1.82) is 0 Å². The molecule has 0 radical (unpaired) electrons. The van der Waals surface area contributed by atoms with Crippen molar-refractivity contribution < 1.29 is 0 Å². The van der Waals surface area contributed by atoms with Crippen LogP contribution < -0.4 is 0 Å². The molecular weight excluding hydrogens is 232 g/mol. The summed E-state index contributed by atoms with van der Waals surface area (Å²) >= 11 is 0. The molecule has 0 saturated carbocycles. The van der Waals surface area contributed by atoms with Crippen molar-refractivity contribution in [3.63, 3.8) is 0 Å². The van der Waals surface area contributed by atoms with Gasteiger partial charge in [0.2, 0.25) is 0 Å². The second-order valence-corrected chi connectivity index (χ2v) is 4.95. The van der Waals surface area contributed by atoms with Gasteiger partial charge in [-0.1, -0.05) is 18.2 Å². The van der Waals surface area contributed by atoms with Gasteiger partial charge in [-0.05, 0) is 30.5 Å². The summed E-state index contributed by atoms with van der Waals surface area (Å²) in [6.07, 6.45) is 1.14. The van der Waals surface area contributed by atoms with E-state index in [4.69, 9.17) is 0 Å². The molecule has 2 heterocycles. The Morgan fingerprint density at radius 3 is 2.59 bits per heavy atom. The summed E-state index contributed by atoms with van der Waals surface area (Å²) in [6, 6.07) is 6.61. The number of nitrogens with zero attached hydrogens (tertiary/aromatic N) is 2. The molecule has 0 aliphatic carbocycles. The lowest BCUT2D eigenvalue weighted by atomic mass is 9.90. The van der Waals surface area contributed by atoms with Gasteiger partial charge in [0.05, 0.1) is 12.4 Å². The fraction of sp³-hybridized carbons (Fsp3) is 0.500. The highest BCUT2D eigenvalue weighted by atomic mass is 35.5. The molecule has 3 rings (SSSR count). The smallest absolute Gasteiger partial charge is 0.0997 e. The highest BCUT2D eigenvalue weighted by molar-refractivity contribution is 5.87. The van der Waals surface area contributed by atoms with E-state index in [0.717, 1.165) is 19.5 Å². The minimum atomic E-state index is 0. The molecule has 1 unspecified atom stereocenters. The van der Waals surface area contributed by atoms with Gasteiger partial charge in [-0.15, -0.1) is 12.4 Å². The molecule has 92 valence electrons. The van der Waals surface area contributed by atoms with Crippen LogP contribution in [0.5, 0.6) is 0 Å². The maximum atomic E-state index is 4.58. The van der Waals surface area contributed by atoms with Gasteiger partial charge in [0.15, 0.2) is 0 Å². The van der Waals surface area contributed by atoms with Crippen molar-refractivity contribution in [2.24, 2.45) is 4.99 Å². The van der Waals surface area contributed by atoms with E-state index in [1.165, 1.54) is 23.5 Å². The van der Waals surface area contributed by atoms with Crippen LogP contribution in [0.3, 0.4) is 0 Å². The van der Waals surface area contributed by atoms with Crippen LogP contribution in [-0.2, 0) is 0 Å². The highest BCUT2D eigenvalue weighted by Crippen LogP contribution is 2.34. The lowest BCUT2D eigenvalue weighted by molar-refractivity contribution is 0.468. The third kappa shape index (κ3) is 2.06. The molecule has 2 aliphatic rings. The van der Waals surface area contributed by atoms with E-state index in [9.17, 15) is 0 Å². The zero-order valence-electron chi connectivity index (χ0n) is 10.4. The van der Waals surface area contributed by atoms with E-state index in [1.807, 2.05) is 0 Å². The largest absolute Gasteiger partial charge is 0.358 e. The van der Waals surface area contributed by atoms with Crippen molar-refractivity contribution in [3.8, 4) is 0 Å². The van der Waals surface area contributed by atoms with Crippen LogP contribution in [0.25, 0.3) is 0 Å². The van der Waals surface area contributed by atoms with Crippen LogP contribution in [0, 0.1) is 13.8 Å². The lowest BCUT2D eigenvalue weighted by Crippen LogP contribution is -2.21. The number of amidine groups is 1. The molecule has 0 spiro atoms. The number of aliphatic imine (C=N–C) groups is 1. The van der Waals surface area contributed by atoms with Gasteiger partial charge in [-0.3, -0.25) is 4.99 Å². The second-order valence-electron chi connectivity index (χ2n) is 4.95. The summed E-state index contributed by atoms with van der Waals surface area (Å²) in [4.78, 5) is 7.03. The van der Waals surface area contributed by atoms with E-state index >= 15 is 0 Å². The van der Waals surface area contributed by atoms with Gasteiger partial charge in [0.25, 0.3) is 0 Å². The van der Waals surface area contributed by atoms with Crippen LogP contribution in [0.4, 0.5) is 0 Å². The van der Waals surface area contributed by atoms with Gasteiger partial charge in [-0.2, -0.15) is 0 Å². The van der Waals surface area contributed by atoms with E-state index in [0.29, 0.717) is 5.92 Å². The third-order valence-corrected chi connectivity index (χ3v) is 3.85. The summed E-state index contributed by atoms with van der Waals surface area (Å²) in [5.74, 6) is 2.01. The Kier molecular flexibility index (Phi) is 3.43. The third-order valence-electron chi connectivity index (χ3n) is 3.85. The summed E-state index contributed by atoms with van der Waals surface area (Å²) in [6.45, 7) is 7.78. The Bertz CT molecular complexity index is 433. The van der Waals surface area contributed by atoms with Crippen molar-refractivity contribution in [2.45, 2.75) is 26.2 Å². The minimum Gasteiger partial charge on any atom is -0.358 e. The van der Waals surface area contributed by atoms with Gasteiger partial charge in [-0.25, -0.2) is 0 Å². The summed E-state index contributed by atoms with van der Waals surface area (Å²) in [7, 11) is 0. The van der Waals surface area contributed by atoms with Crippen molar-refractivity contribution in [2.75, 3.05) is 19.6 Å². The Morgan fingerprint density at radius 1 is 1.24 bits per heavy atom. The van der Waals surface area contributed by atoms with Gasteiger partial charge in [0.1, 0.15) is 0 Å². The standard InChI is InChI=1S/C14H18N2.ClH/c1-10-4-3-5-11(2)14(10)12-8-13-15-6-7-16(13)9-12;/h3-5,12H,6-9H2,1-2H3;1H. The van der Waals surface area contributed by atoms with Crippen LogP contribution in [0.15, 0.2) is 23.2 Å². The first-order valence-electron chi connectivity index (χ1n) is 6.10. The molecule has 17 heavy (non-hydrogen) atoms. The first-order valence-corrected chi connectivity index (χ1v) is 6.10. The number of hydrogen-bond acceptors (Lipinski definition) is 2. The second kappa shape index (κ2) is 4.69. The zero-order chi connectivity index (χ0) is 11.1. The highest BCUT2D eigenvalue weighted by Gasteiger charge is 2.32. The average molecular weight is 251 g/mol. The van der Waals surface area contributed by atoms with Crippen LogP contribution in [0.1, 0.15) is 29.0 Å². The molecule has 1 fully saturated rings. The number of benzene rings is 1. The molecule has 0 amide bonds. The SMILES string of the molecule is Cc1cccc(C)c1C1CC2=NCCN2C1.Cl. The molecule has 1 atom stereocenters. The Labute approximate surface area is 109 Å². The van der Waals surface area contributed by atoms with Gasteiger partial charge in [0, 0.05) is 25.4 Å². The van der Waals surface area contributed by atoms with Gasteiger partial charge < -0.3 is 4.90 Å². The normalized spacial score (nSPS) is 22.1. The first kappa shape index (κ1) is 12.4. The topological polar surface area (TPSA) is 15.6 Å². The van der Waals surface area contributed by atoms with Crippen molar-refractivity contribution in [1.82, 2.24) is 4.90 Å². The fourth-order valence-electron chi connectivity index (χ4n) is 3.13. The number of aryl methyl sites for hydroxylation is 2. The zero-order valence-corrected chi connectivity index (χ0v) is 11.3. The number of rotatable bonds is 1. The number of fused-ring (bicyclic) bond motifs is 1. The first-order chi connectivity index (χ1) is 7.75. The summed E-state index contributed by atoms with van der Waals surface area (Å²) in [5.41, 5.74) is 4.43. The lowest BCUT2D eigenvalue weighted by Gasteiger charge is -2.17. The molecular formula is C14H19ClN2. The van der Waals surface area contributed by atoms with Gasteiger partial charge >= 0.3 is 0 Å². The number of halogens is 1. The predicted molar refractivity (Wildman–Crippen MR) is 74.4 cm³/mol. The summed E-state index contributed by atoms with van der Waals surface area (Å²) < 4.78 is 0. The van der Waals surface area contributed by atoms with E-state index in [1.54, 1.807) is 5.56 Å². The Morgan fingerprint density at radius 2 is 1.94 bits per heavy atom. The van der Waals surface area contributed by atoms with Crippen molar-refractivity contribution >= 4 is 18.2 Å². The minimum absolute atomic E-state index is 0. The molecule has 0 bridgehead atoms. The summed E-state index contributed by atoms with van der Waals surface area (Å²) in [5, 5.41) is 0. The molecule has 2 aliphatic heterocycles. The van der Waals surface area contributed by atoms with E-state index < -0.39 is 0 Å². The molecule has 3 heteroatoms. The van der Waals surface area contributed by atoms with Crippen LogP contribution >= 0.6 is 12.4 Å². The quantitative estimate of drug-likeness (QED) is 0.748. The molecule has 0 aromatic heterocycles. The van der Waals surface area contributed by atoms with Crippen molar-refractivity contribution in [3.05, 3.63) is 34.9 Å². The monoisotopic (exact) mass is 250 g/mol. The molecule has 0 N–H and O–H groups in total. The molecule has 1 aromatic carbocycles. The van der Waals surface area contributed by atoms with E-state index in [-0.39, 0.29) is 12.4 Å². The molecule has 2 nitrogen and oxygen atoms in total. The maximum Gasteiger partial charge on any atom is 0.0997 e.